The zero-order valence-electron chi connectivity index (χ0n) is 9.81. The van der Waals surface area contributed by atoms with Gasteiger partial charge in [0.05, 0.1) is 11.7 Å². The second-order valence-electron chi connectivity index (χ2n) is 3.98. The molecule has 2 aromatic rings. The van der Waals surface area contributed by atoms with E-state index in [0.717, 1.165) is 15.7 Å². The molecule has 0 radical (unpaired) electrons. The number of nitrogens with one attached hydrogen (secondary N) is 1. The van der Waals surface area contributed by atoms with Gasteiger partial charge in [0.25, 0.3) is 0 Å². The maximum absolute atomic E-state index is 5.67. The Morgan fingerprint density at radius 1 is 1.41 bits per heavy atom. The fourth-order valence-electron chi connectivity index (χ4n) is 1.96. The predicted molar refractivity (Wildman–Crippen MR) is 71.3 cm³/mol. The lowest BCUT2D eigenvalue weighted by molar-refractivity contribution is 0.573. The quantitative estimate of drug-likeness (QED) is 0.673. The van der Waals surface area contributed by atoms with Crippen LogP contribution in [0.2, 0.25) is 0 Å². The van der Waals surface area contributed by atoms with E-state index in [4.69, 9.17) is 5.84 Å². The first-order chi connectivity index (χ1) is 8.13. The Bertz CT molecular complexity index is 521. The molecule has 5 heteroatoms. The first-order valence-electron chi connectivity index (χ1n) is 5.33. The molecule has 0 aliphatic heterocycles. The molecule has 1 aromatic carbocycles. The third-order valence-electron chi connectivity index (χ3n) is 2.86. The number of aryl methyl sites for hydroxylation is 2. The fourth-order valence-corrected chi connectivity index (χ4v) is 2.44. The lowest BCUT2D eigenvalue weighted by Crippen LogP contribution is -2.30. The molecule has 0 spiro atoms. The van der Waals surface area contributed by atoms with Crippen molar-refractivity contribution < 1.29 is 0 Å². The molecule has 0 bridgehead atoms. The van der Waals surface area contributed by atoms with Crippen LogP contribution in [0.4, 0.5) is 0 Å². The molecule has 1 atom stereocenters. The van der Waals surface area contributed by atoms with Crippen molar-refractivity contribution in [1.82, 2.24) is 15.2 Å². The van der Waals surface area contributed by atoms with Crippen molar-refractivity contribution in [3.8, 4) is 0 Å². The van der Waals surface area contributed by atoms with Gasteiger partial charge in [-0.1, -0.05) is 22.0 Å². The van der Waals surface area contributed by atoms with Gasteiger partial charge < -0.3 is 0 Å². The highest BCUT2D eigenvalue weighted by Crippen LogP contribution is 2.25. The zero-order valence-corrected chi connectivity index (χ0v) is 11.4. The van der Waals surface area contributed by atoms with Gasteiger partial charge in [0, 0.05) is 17.7 Å². The van der Waals surface area contributed by atoms with E-state index in [1.807, 2.05) is 23.9 Å². The summed E-state index contributed by atoms with van der Waals surface area (Å²) in [5, 5.41) is 4.17. The van der Waals surface area contributed by atoms with E-state index in [9.17, 15) is 0 Å². The highest BCUT2D eigenvalue weighted by atomic mass is 79.9. The molecule has 0 saturated heterocycles. The molecule has 3 N–H and O–H groups in total. The second kappa shape index (κ2) is 5.00. The maximum Gasteiger partial charge on any atom is 0.0880 e. The van der Waals surface area contributed by atoms with Gasteiger partial charge in [-0.2, -0.15) is 5.10 Å². The standard InChI is InChI=1S/C12H15BrN4/c1-8-7-9(13)3-4-10(8)12(16-14)11-5-6-15-17(11)2/h3-7,12,16H,14H2,1-2H3. The Morgan fingerprint density at radius 2 is 2.18 bits per heavy atom. The Kier molecular flexibility index (Phi) is 3.61. The second-order valence-corrected chi connectivity index (χ2v) is 4.90. The van der Waals surface area contributed by atoms with Crippen LogP contribution in [0, 0.1) is 6.92 Å². The van der Waals surface area contributed by atoms with E-state index in [1.54, 1.807) is 6.20 Å². The van der Waals surface area contributed by atoms with Crippen LogP contribution >= 0.6 is 15.9 Å². The molecule has 0 aliphatic carbocycles. The van der Waals surface area contributed by atoms with Crippen LogP contribution in [0.15, 0.2) is 34.9 Å². The number of hydrogen-bond donors (Lipinski definition) is 2. The van der Waals surface area contributed by atoms with E-state index in [-0.39, 0.29) is 6.04 Å². The molecular formula is C12H15BrN4. The summed E-state index contributed by atoms with van der Waals surface area (Å²) in [6, 6.07) is 8.08. The van der Waals surface area contributed by atoms with Gasteiger partial charge in [-0.05, 0) is 36.2 Å². The van der Waals surface area contributed by atoms with Crippen LogP contribution in [0.1, 0.15) is 22.9 Å². The van der Waals surface area contributed by atoms with Crippen molar-refractivity contribution in [2.24, 2.45) is 12.9 Å². The number of nitrogens with two attached hydrogens (primary N) is 1. The van der Waals surface area contributed by atoms with Crippen LogP contribution in [0.3, 0.4) is 0 Å². The molecule has 0 amide bonds. The van der Waals surface area contributed by atoms with Crippen molar-refractivity contribution >= 4 is 15.9 Å². The number of hydrazine groups is 1. The van der Waals surface area contributed by atoms with Gasteiger partial charge in [0.15, 0.2) is 0 Å². The van der Waals surface area contributed by atoms with Crippen LogP contribution in [0.25, 0.3) is 0 Å². The lowest BCUT2D eigenvalue weighted by Gasteiger charge is -2.19. The predicted octanol–water partition coefficient (Wildman–Crippen LogP) is 2.04. The fraction of sp³-hybridized carbons (Fsp3) is 0.250. The third kappa shape index (κ3) is 2.41. The summed E-state index contributed by atoms with van der Waals surface area (Å²) in [5.74, 6) is 5.67. The Labute approximate surface area is 109 Å². The summed E-state index contributed by atoms with van der Waals surface area (Å²) in [6.07, 6.45) is 1.77. The van der Waals surface area contributed by atoms with Crippen LogP contribution in [0.5, 0.6) is 0 Å². The summed E-state index contributed by atoms with van der Waals surface area (Å²) >= 11 is 3.46. The maximum atomic E-state index is 5.67. The SMILES string of the molecule is Cc1cc(Br)ccc1C(NN)c1ccnn1C. The van der Waals surface area contributed by atoms with Gasteiger partial charge in [0.1, 0.15) is 0 Å². The number of hydrogen-bond acceptors (Lipinski definition) is 3. The molecule has 1 heterocycles. The summed E-state index contributed by atoms with van der Waals surface area (Å²) < 4.78 is 2.89. The van der Waals surface area contributed by atoms with Gasteiger partial charge in [-0.3, -0.25) is 10.5 Å². The minimum absolute atomic E-state index is 0.0457. The van der Waals surface area contributed by atoms with E-state index < -0.39 is 0 Å². The van der Waals surface area contributed by atoms with Crippen LogP contribution < -0.4 is 11.3 Å². The summed E-state index contributed by atoms with van der Waals surface area (Å²) in [5.41, 5.74) is 6.22. The first kappa shape index (κ1) is 12.3. The van der Waals surface area contributed by atoms with Gasteiger partial charge in [0.2, 0.25) is 0 Å². The topological polar surface area (TPSA) is 55.9 Å². The van der Waals surface area contributed by atoms with Crippen LogP contribution in [-0.4, -0.2) is 9.78 Å². The van der Waals surface area contributed by atoms with Gasteiger partial charge in [-0.15, -0.1) is 0 Å². The number of aromatic nitrogens is 2. The van der Waals surface area contributed by atoms with Crippen molar-refractivity contribution in [3.05, 3.63) is 51.8 Å². The van der Waals surface area contributed by atoms with E-state index in [2.05, 4.69) is 45.5 Å². The lowest BCUT2D eigenvalue weighted by atomic mass is 9.99. The van der Waals surface area contributed by atoms with E-state index in [0.29, 0.717) is 0 Å². The zero-order chi connectivity index (χ0) is 12.4. The molecular weight excluding hydrogens is 280 g/mol. The molecule has 1 aromatic heterocycles. The summed E-state index contributed by atoms with van der Waals surface area (Å²) in [7, 11) is 1.91. The smallest absolute Gasteiger partial charge is 0.0880 e. The third-order valence-corrected chi connectivity index (χ3v) is 3.36. The average molecular weight is 295 g/mol. The minimum atomic E-state index is -0.0457. The molecule has 90 valence electrons. The molecule has 1 unspecified atom stereocenters. The molecule has 17 heavy (non-hydrogen) atoms. The van der Waals surface area contributed by atoms with Crippen molar-refractivity contribution in [2.45, 2.75) is 13.0 Å². The van der Waals surface area contributed by atoms with Gasteiger partial charge in [-0.25, -0.2) is 5.43 Å². The largest absolute Gasteiger partial charge is 0.271 e. The van der Waals surface area contributed by atoms with E-state index >= 15 is 0 Å². The minimum Gasteiger partial charge on any atom is -0.271 e. The Hall–Kier alpha value is -1.17. The Morgan fingerprint density at radius 3 is 2.71 bits per heavy atom. The number of rotatable bonds is 3. The Balaban J connectivity index is 2.46. The molecule has 2 rings (SSSR count). The first-order valence-corrected chi connectivity index (χ1v) is 6.13. The monoisotopic (exact) mass is 294 g/mol. The van der Waals surface area contributed by atoms with Crippen molar-refractivity contribution in [2.75, 3.05) is 0 Å². The van der Waals surface area contributed by atoms with Crippen molar-refractivity contribution in [1.29, 1.82) is 0 Å². The van der Waals surface area contributed by atoms with E-state index in [1.165, 1.54) is 5.56 Å². The number of halogens is 1. The average Bonchev–Trinajstić information content (AvgIpc) is 2.69. The molecule has 0 aliphatic rings. The molecule has 0 saturated carbocycles. The van der Waals surface area contributed by atoms with Gasteiger partial charge >= 0.3 is 0 Å². The number of benzene rings is 1. The number of nitrogens with zero attached hydrogens (tertiary/aromatic N) is 2. The molecule has 4 nitrogen and oxygen atoms in total. The van der Waals surface area contributed by atoms with Crippen LogP contribution in [-0.2, 0) is 7.05 Å². The van der Waals surface area contributed by atoms with Crippen molar-refractivity contribution in [3.63, 3.8) is 0 Å². The summed E-state index contributed by atoms with van der Waals surface area (Å²) in [6.45, 7) is 2.07. The normalized spacial score (nSPS) is 12.7. The highest BCUT2D eigenvalue weighted by molar-refractivity contribution is 9.10. The summed E-state index contributed by atoms with van der Waals surface area (Å²) in [4.78, 5) is 0. The molecule has 0 fully saturated rings. The highest BCUT2D eigenvalue weighted by Gasteiger charge is 2.17.